The second-order valence-corrected chi connectivity index (χ2v) is 3.87. The molecule has 0 aromatic heterocycles. The molecule has 1 heteroatoms. The molecule has 0 saturated carbocycles. The van der Waals surface area contributed by atoms with Crippen LogP contribution in [0, 0.1) is 5.41 Å². The summed E-state index contributed by atoms with van der Waals surface area (Å²) < 4.78 is 0. The molecule has 72 valence electrons. The van der Waals surface area contributed by atoms with Gasteiger partial charge in [0, 0.05) is 5.41 Å². The number of hydrogen-bond donors (Lipinski definition) is 0. The van der Waals surface area contributed by atoms with Gasteiger partial charge in [0.15, 0.2) is 5.78 Å². The maximum Gasteiger partial charge on any atom is 0.178 e. The first kappa shape index (κ1) is 9.20. The highest BCUT2D eigenvalue weighted by Gasteiger charge is 2.32. The van der Waals surface area contributed by atoms with E-state index < -0.39 is 0 Å². The topological polar surface area (TPSA) is 17.1 Å². The molecule has 0 amide bonds. The average molecular weight is 186 g/mol. The number of rotatable bonds is 2. The Balaban J connectivity index is 2.29. The molecule has 0 heterocycles. The molecule has 1 nitrogen and oxygen atoms in total. The van der Waals surface area contributed by atoms with Gasteiger partial charge in [-0.15, -0.1) is 6.58 Å². The third-order valence-corrected chi connectivity index (χ3v) is 3.00. The van der Waals surface area contributed by atoms with E-state index in [1.54, 1.807) is 12.2 Å². The SMILES string of the molecule is C=CCC1=CCCC12C=CC(=O)C=C2. The Morgan fingerprint density at radius 3 is 2.79 bits per heavy atom. The van der Waals surface area contributed by atoms with Crippen molar-refractivity contribution in [1.29, 1.82) is 0 Å². The largest absolute Gasteiger partial charge is 0.290 e. The van der Waals surface area contributed by atoms with E-state index in [9.17, 15) is 4.79 Å². The average Bonchev–Trinajstić information content (AvgIpc) is 2.56. The van der Waals surface area contributed by atoms with E-state index in [1.165, 1.54) is 5.57 Å². The Labute approximate surface area is 84.5 Å². The molecule has 0 N–H and O–H groups in total. The molecule has 0 atom stereocenters. The summed E-state index contributed by atoms with van der Waals surface area (Å²) in [5.41, 5.74) is 1.41. The Morgan fingerprint density at radius 2 is 2.14 bits per heavy atom. The van der Waals surface area contributed by atoms with Crippen LogP contribution in [0.2, 0.25) is 0 Å². The van der Waals surface area contributed by atoms with Crippen molar-refractivity contribution in [2.24, 2.45) is 5.41 Å². The van der Waals surface area contributed by atoms with Gasteiger partial charge in [0.2, 0.25) is 0 Å². The third kappa shape index (κ3) is 1.39. The van der Waals surface area contributed by atoms with Gasteiger partial charge in [-0.25, -0.2) is 0 Å². The Kier molecular flexibility index (Phi) is 2.24. The molecular formula is C13H14O. The van der Waals surface area contributed by atoms with Crippen LogP contribution < -0.4 is 0 Å². The van der Waals surface area contributed by atoms with E-state index in [0.717, 1.165) is 19.3 Å². The zero-order valence-electron chi connectivity index (χ0n) is 8.20. The summed E-state index contributed by atoms with van der Waals surface area (Å²) in [6.45, 7) is 3.76. The van der Waals surface area contributed by atoms with Crippen molar-refractivity contribution in [1.82, 2.24) is 0 Å². The first-order valence-electron chi connectivity index (χ1n) is 5.00. The van der Waals surface area contributed by atoms with E-state index in [-0.39, 0.29) is 11.2 Å². The van der Waals surface area contributed by atoms with Gasteiger partial charge >= 0.3 is 0 Å². The molecular weight excluding hydrogens is 172 g/mol. The number of carbonyl (C=O) groups is 1. The van der Waals surface area contributed by atoms with Crippen molar-refractivity contribution in [3.63, 3.8) is 0 Å². The first-order valence-corrected chi connectivity index (χ1v) is 5.00. The summed E-state index contributed by atoms with van der Waals surface area (Å²) in [7, 11) is 0. The first-order chi connectivity index (χ1) is 6.77. The molecule has 0 saturated heterocycles. The van der Waals surface area contributed by atoms with Gasteiger partial charge in [0.25, 0.3) is 0 Å². The molecule has 0 fully saturated rings. The molecule has 2 rings (SSSR count). The molecule has 0 bridgehead atoms. The summed E-state index contributed by atoms with van der Waals surface area (Å²) in [5.74, 6) is 0.0977. The Morgan fingerprint density at radius 1 is 1.43 bits per heavy atom. The molecule has 2 aliphatic rings. The highest BCUT2D eigenvalue weighted by molar-refractivity contribution is 6.00. The van der Waals surface area contributed by atoms with Crippen molar-refractivity contribution >= 4 is 5.78 Å². The predicted octanol–water partition coefficient (Wildman–Crippen LogP) is 2.96. The Hall–Kier alpha value is -1.37. The molecule has 1 spiro atoms. The second-order valence-electron chi connectivity index (χ2n) is 3.87. The molecule has 0 aromatic carbocycles. The minimum Gasteiger partial charge on any atom is -0.290 e. The third-order valence-electron chi connectivity index (χ3n) is 3.00. The second kappa shape index (κ2) is 3.41. The normalized spacial score (nSPS) is 22.9. The van der Waals surface area contributed by atoms with Gasteiger partial charge in [-0.2, -0.15) is 0 Å². The van der Waals surface area contributed by atoms with Crippen molar-refractivity contribution in [3.8, 4) is 0 Å². The zero-order valence-corrected chi connectivity index (χ0v) is 8.20. The zero-order chi connectivity index (χ0) is 10.0. The van der Waals surface area contributed by atoms with E-state index >= 15 is 0 Å². The summed E-state index contributed by atoms with van der Waals surface area (Å²) in [6.07, 6.45) is 14.8. The van der Waals surface area contributed by atoms with Crippen LogP contribution in [-0.2, 0) is 4.79 Å². The fourth-order valence-electron chi connectivity index (χ4n) is 2.22. The number of ketones is 1. The van der Waals surface area contributed by atoms with Crippen LogP contribution in [0.5, 0.6) is 0 Å². The Bertz CT molecular complexity index is 339. The van der Waals surface area contributed by atoms with Crippen molar-refractivity contribution in [2.45, 2.75) is 19.3 Å². The molecule has 14 heavy (non-hydrogen) atoms. The van der Waals surface area contributed by atoms with Crippen molar-refractivity contribution in [2.75, 3.05) is 0 Å². The van der Waals surface area contributed by atoms with Gasteiger partial charge in [-0.3, -0.25) is 4.79 Å². The van der Waals surface area contributed by atoms with Crippen LogP contribution in [0.1, 0.15) is 19.3 Å². The highest BCUT2D eigenvalue weighted by atomic mass is 16.1. The van der Waals surface area contributed by atoms with Gasteiger partial charge in [0.1, 0.15) is 0 Å². The van der Waals surface area contributed by atoms with Crippen LogP contribution in [-0.4, -0.2) is 5.78 Å². The van der Waals surface area contributed by atoms with Crippen LogP contribution in [0.4, 0.5) is 0 Å². The van der Waals surface area contributed by atoms with Gasteiger partial charge in [-0.1, -0.05) is 29.9 Å². The molecule has 0 radical (unpaired) electrons. The monoisotopic (exact) mass is 186 g/mol. The molecule has 0 aliphatic heterocycles. The summed E-state index contributed by atoms with van der Waals surface area (Å²) in [6, 6.07) is 0. The number of hydrogen-bond acceptors (Lipinski definition) is 1. The minimum absolute atomic E-state index is 0.0299. The fourth-order valence-corrected chi connectivity index (χ4v) is 2.22. The lowest BCUT2D eigenvalue weighted by molar-refractivity contribution is -0.110. The quantitative estimate of drug-likeness (QED) is 0.606. The molecule has 0 unspecified atom stereocenters. The molecule has 2 aliphatic carbocycles. The van der Waals surface area contributed by atoms with Crippen LogP contribution >= 0.6 is 0 Å². The smallest absolute Gasteiger partial charge is 0.178 e. The minimum atomic E-state index is 0.0299. The van der Waals surface area contributed by atoms with Crippen molar-refractivity contribution < 1.29 is 4.79 Å². The van der Waals surface area contributed by atoms with E-state index in [1.807, 2.05) is 18.2 Å². The van der Waals surface area contributed by atoms with E-state index in [2.05, 4.69) is 12.7 Å². The van der Waals surface area contributed by atoms with Gasteiger partial charge < -0.3 is 0 Å². The van der Waals surface area contributed by atoms with Gasteiger partial charge in [-0.05, 0) is 31.4 Å². The van der Waals surface area contributed by atoms with E-state index in [0.29, 0.717) is 0 Å². The molecule has 0 aromatic rings. The lowest BCUT2D eigenvalue weighted by atomic mass is 9.77. The summed E-state index contributed by atoms with van der Waals surface area (Å²) >= 11 is 0. The van der Waals surface area contributed by atoms with E-state index in [4.69, 9.17) is 0 Å². The summed E-state index contributed by atoms with van der Waals surface area (Å²) in [4.78, 5) is 11.1. The van der Waals surface area contributed by atoms with Crippen molar-refractivity contribution in [3.05, 3.63) is 48.6 Å². The lowest BCUT2D eigenvalue weighted by Gasteiger charge is -2.26. The predicted molar refractivity (Wildman–Crippen MR) is 57.9 cm³/mol. The highest BCUT2D eigenvalue weighted by Crippen LogP contribution is 2.44. The maximum absolute atomic E-state index is 11.1. The maximum atomic E-state index is 11.1. The van der Waals surface area contributed by atoms with Crippen LogP contribution in [0.3, 0.4) is 0 Å². The van der Waals surface area contributed by atoms with Crippen LogP contribution in [0.25, 0.3) is 0 Å². The standard InChI is InChI=1S/C13H14O/c1-2-4-11-5-3-8-13(11)9-6-12(14)7-10-13/h2,5-7,9-10H,1,3-4,8H2. The summed E-state index contributed by atoms with van der Waals surface area (Å²) in [5, 5.41) is 0. The van der Waals surface area contributed by atoms with Crippen LogP contribution in [0.15, 0.2) is 48.6 Å². The number of allylic oxidation sites excluding steroid dienone is 7. The lowest BCUT2D eigenvalue weighted by Crippen LogP contribution is -2.17. The number of carbonyl (C=O) groups excluding carboxylic acids is 1. The fraction of sp³-hybridized carbons (Fsp3) is 0.308. The van der Waals surface area contributed by atoms with Gasteiger partial charge in [0.05, 0.1) is 0 Å².